The van der Waals surface area contributed by atoms with Crippen molar-refractivity contribution in [3.8, 4) is 17.0 Å². The lowest BCUT2D eigenvalue weighted by Gasteiger charge is -2.12. The normalized spacial score (nSPS) is 11.2. The van der Waals surface area contributed by atoms with Crippen molar-refractivity contribution < 1.29 is 9.47 Å². The molecule has 3 rings (SSSR count). The number of ether oxygens (including phenoxy) is 2. The van der Waals surface area contributed by atoms with Crippen LogP contribution >= 0.6 is 0 Å². The molecule has 0 saturated carbocycles. The molecule has 0 atom stereocenters. The Labute approximate surface area is 142 Å². The predicted octanol–water partition coefficient (Wildman–Crippen LogP) is 3.59. The zero-order valence-electron chi connectivity index (χ0n) is 14.9. The Kier molecular flexibility index (Phi) is 4.53. The lowest BCUT2D eigenvalue weighted by molar-refractivity contribution is 0.147. The predicted molar refractivity (Wildman–Crippen MR) is 95.5 cm³/mol. The fourth-order valence-corrected chi connectivity index (χ4v) is 3.02. The van der Waals surface area contributed by atoms with Crippen LogP contribution in [0.1, 0.15) is 17.0 Å². The minimum atomic E-state index is 0.505. The summed E-state index contributed by atoms with van der Waals surface area (Å²) in [7, 11) is 3.62. The van der Waals surface area contributed by atoms with E-state index in [1.807, 2.05) is 30.8 Å². The number of para-hydroxylation sites is 1. The van der Waals surface area contributed by atoms with E-state index in [-0.39, 0.29) is 0 Å². The van der Waals surface area contributed by atoms with Gasteiger partial charge in [0.2, 0.25) is 0 Å². The molecule has 24 heavy (non-hydrogen) atoms. The number of benzene rings is 1. The second-order valence-electron chi connectivity index (χ2n) is 5.99. The van der Waals surface area contributed by atoms with Gasteiger partial charge in [0.25, 0.3) is 0 Å². The van der Waals surface area contributed by atoms with Gasteiger partial charge in [-0.25, -0.2) is 4.98 Å². The zero-order valence-corrected chi connectivity index (χ0v) is 14.9. The van der Waals surface area contributed by atoms with Crippen LogP contribution in [0.4, 0.5) is 0 Å². The van der Waals surface area contributed by atoms with Gasteiger partial charge >= 0.3 is 0 Å². The molecule has 2 aromatic heterocycles. The number of rotatable bonds is 5. The van der Waals surface area contributed by atoms with Crippen molar-refractivity contribution in [1.29, 1.82) is 0 Å². The summed E-state index contributed by atoms with van der Waals surface area (Å²) in [6, 6.07) is 8.16. The Hall–Kier alpha value is -2.40. The minimum Gasteiger partial charge on any atom is -0.489 e. The maximum Gasteiger partial charge on any atom is 0.145 e. The second kappa shape index (κ2) is 6.61. The lowest BCUT2D eigenvalue weighted by atomic mass is 10.0. The van der Waals surface area contributed by atoms with Crippen molar-refractivity contribution in [3.63, 3.8) is 0 Å². The molecule has 5 heteroatoms. The smallest absolute Gasteiger partial charge is 0.145 e. The van der Waals surface area contributed by atoms with E-state index in [9.17, 15) is 0 Å². The van der Waals surface area contributed by atoms with E-state index in [0.29, 0.717) is 13.2 Å². The summed E-state index contributed by atoms with van der Waals surface area (Å²) in [6.07, 6.45) is 0. The summed E-state index contributed by atoms with van der Waals surface area (Å²) >= 11 is 0. The first-order valence-corrected chi connectivity index (χ1v) is 8.05. The molecule has 0 spiro atoms. The molecule has 5 nitrogen and oxygen atoms in total. The first-order chi connectivity index (χ1) is 11.5. The highest BCUT2D eigenvalue weighted by Crippen LogP contribution is 2.32. The maximum atomic E-state index is 5.86. The van der Waals surface area contributed by atoms with Gasteiger partial charge < -0.3 is 9.47 Å². The lowest BCUT2D eigenvalue weighted by Crippen LogP contribution is -2.05. The van der Waals surface area contributed by atoms with Gasteiger partial charge in [-0.05, 0) is 38.5 Å². The second-order valence-corrected chi connectivity index (χ2v) is 5.99. The maximum absolute atomic E-state index is 5.86. The summed E-state index contributed by atoms with van der Waals surface area (Å²) in [5.74, 6) is 0.786. The van der Waals surface area contributed by atoms with Gasteiger partial charge in [0.1, 0.15) is 17.9 Å². The number of hydrogen-bond donors (Lipinski definition) is 0. The van der Waals surface area contributed by atoms with Crippen LogP contribution in [0.15, 0.2) is 24.3 Å². The number of aryl methyl sites for hydroxylation is 3. The number of hydrogen-bond acceptors (Lipinski definition) is 4. The molecule has 0 aliphatic heterocycles. The van der Waals surface area contributed by atoms with E-state index >= 15 is 0 Å². The molecular formula is C19H23N3O2. The topological polar surface area (TPSA) is 49.2 Å². The van der Waals surface area contributed by atoms with Crippen LogP contribution in [-0.4, -0.2) is 35.1 Å². The molecule has 0 N–H and O–H groups in total. The Balaban J connectivity index is 2.16. The Morgan fingerprint density at radius 1 is 1.12 bits per heavy atom. The van der Waals surface area contributed by atoms with Crippen LogP contribution in [0.5, 0.6) is 5.75 Å². The Morgan fingerprint density at radius 2 is 1.92 bits per heavy atom. The van der Waals surface area contributed by atoms with Crippen LogP contribution in [0.2, 0.25) is 0 Å². The average molecular weight is 325 g/mol. The largest absolute Gasteiger partial charge is 0.489 e. The molecular weight excluding hydrogens is 302 g/mol. The molecule has 0 aliphatic carbocycles. The molecule has 2 heterocycles. The molecule has 0 saturated heterocycles. The van der Waals surface area contributed by atoms with Gasteiger partial charge in [-0.1, -0.05) is 12.1 Å². The number of methoxy groups -OCH3 is 1. The molecule has 0 amide bonds. The molecule has 0 radical (unpaired) electrons. The van der Waals surface area contributed by atoms with Gasteiger partial charge in [0.15, 0.2) is 0 Å². The summed E-state index contributed by atoms with van der Waals surface area (Å²) in [5, 5.41) is 5.61. The summed E-state index contributed by atoms with van der Waals surface area (Å²) in [4.78, 5) is 4.90. The van der Waals surface area contributed by atoms with E-state index in [2.05, 4.69) is 31.1 Å². The van der Waals surface area contributed by atoms with Crippen molar-refractivity contribution in [2.24, 2.45) is 7.05 Å². The van der Waals surface area contributed by atoms with Crippen LogP contribution in [0, 0.1) is 20.8 Å². The molecule has 0 fully saturated rings. The Bertz CT molecular complexity index is 884. The highest BCUT2D eigenvalue weighted by atomic mass is 16.5. The van der Waals surface area contributed by atoms with Gasteiger partial charge in [0.05, 0.1) is 18.0 Å². The van der Waals surface area contributed by atoms with Crippen LogP contribution in [0.3, 0.4) is 0 Å². The summed E-state index contributed by atoms with van der Waals surface area (Å²) in [6.45, 7) is 7.25. The SMILES string of the molecule is COCCOc1cccc2c(C)cc(-c3c(C)nn(C)c3C)nc12. The van der Waals surface area contributed by atoms with Crippen molar-refractivity contribution in [2.75, 3.05) is 20.3 Å². The van der Waals surface area contributed by atoms with E-state index in [0.717, 1.165) is 39.3 Å². The van der Waals surface area contributed by atoms with Crippen molar-refractivity contribution in [3.05, 3.63) is 41.2 Å². The van der Waals surface area contributed by atoms with Crippen LogP contribution < -0.4 is 4.74 Å². The molecule has 0 bridgehead atoms. The fourth-order valence-electron chi connectivity index (χ4n) is 3.02. The third-order valence-electron chi connectivity index (χ3n) is 4.32. The molecule has 1 aromatic carbocycles. The molecule has 0 aliphatic rings. The van der Waals surface area contributed by atoms with E-state index in [1.165, 1.54) is 5.56 Å². The monoisotopic (exact) mass is 325 g/mol. The minimum absolute atomic E-state index is 0.505. The standard InChI is InChI=1S/C19H23N3O2/c1-12-11-16(18-13(2)21-22(4)14(18)3)20-19-15(12)7-6-8-17(19)24-10-9-23-5/h6-8,11H,9-10H2,1-5H3. The molecule has 3 aromatic rings. The van der Waals surface area contributed by atoms with Crippen molar-refractivity contribution >= 4 is 10.9 Å². The van der Waals surface area contributed by atoms with Crippen molar-refractivity contribution in [2.45, 2.75) is 20.8 Å². The highest BCUT2D eigenvalue weighted by molar-refractivity contribution is 5.90. The van der Waals surface area contributed by atoms with E-state index in [4.69, 9.17) is 14.5 Å². The van der Waals surface area contributed by atoms with Crippen LogP contribution in [0.25, 0.3) is 22.2 Å². The van der Waals surface area contributed by atoms with Crippen molar-refractivity contribution in [1.82, 2.24) is 14.8 Å². The summed E-state index contributed by atoms with van der Waals surface area (Å²) in [5.41, 5.74) is 6.18. The number of aromatic nitrogens is 3. The van der Waals surface area contributed by atoms with Crippen LogP contribution in [-0.2, 0) is 11.8 Å². The zero-order chi connectivity index (χ0) is 17.3. The van der Waals surface area contributed by atoms with E-state index in [1.54, 1.807) is 7.11 Å². The fraction of sp³-hybridized carbons (Fsp3) is 0.368. The van der Waals surface area contributed by atoms with Gasteiger partial charge in [-0.2, -0.15) is 5.10 Å². The average Bonchev–Trinajstić information content (AvgIpc) is 2.80. The quantitative estimate of drug-likeness (QED) is 0.673. The van der Waals surface area contributed by atoms with Gasteiger partial charge in [-0.15, -0.1) is 0 Å². The molecule has 0 unspecified atom stereocenters. The first-order valence-electron chi connectivity index (χ1n) is 8.05. The first kappa shape index (κ1) is 16.5. The van der Waals surface area contributed by atoms with Gasteiger partial charge in [-0.3, -0.25) is 4.68 Å². The third kappa shape index (κ3) is 2.87. The highest BCUT2D eigenvalue weighted by Gasteiger charge is 2.16. The number of pyridine rings is 1. The van der Waals surface area contributed by atoms with Gasteiger partial charge in [0, 0.05) is 30.8 Å². The summed E-state index contributed by atoms with van der Waals surface area (Å²) < 4.78 is 12.8. The van der Waals surface area contributed by atoms with E-state index < -0.39 is 0 Å². The number of nitrogens with zero attached hydrogens (tertiary/aromatic N) is 3. The Morgan fingerprint density at radius 3 is 2.58 bits per heavy atom. The molecule has 126 valence electrons. The third-order valence-corrected chi connectivity index (χ3v) is 4.32. The number of fused-ring (bicyclic) bond motifs is 1.